The number of nitro groups is 1. The number of benzene rings is 1. The van der Waals surface area contributed by atoms with Crippen LogP contribution in [0.15, 0.2) is 12.1 Å². The molecule has 7 heteroatoms. The predicted octanol–water partition coefficient (Wildman–Crippen LogP) is 2.05. The molecule has 0 radical (unpaired) electrons. The van der Waals surface area contributed by atoms with Gasteiger partial charge in [0.2, 0.25) is 0 Å². The zero-order valence-corrected chi connectivity index (χ0v) is 12.3. The number of carbonyl (C=O) groups is 2. The minimum absolute atomic E-state index is 0.110. The van der Waals surface area contributed by atoms with Crippen LogP contribution >= 0.6 is 0 Å². The van der Waals surface area contributed by atoms with E-state index in [1.54, 1.807) is 27.7 Å². The summed E-state index contributed by atoms with van der Waals surface area (Å²) >= 11 is 0. The van der Waals surface area contributed by atoms with Gasteiger partial charge in [0, 0.05) is 17.2 Å². The fourth-order valence-electron chi connectivity index (χ4n) is 2.01. The molecule has 0 saturated carbocycles. The molecule has 0 heterocycles. The van der Waals surface area contributed by atoms with Gasteiger partial charge in [-0.15, -0.1) is 0 Å². The Kier molecular flexibility index (Phi) is 5.02. The number of carboxylic acids is 1. The summed E-state index contributed by atoms with van der Waals surface area (Å²) in [5.74, 6) is -2.07. The molecule has 0 aliphatic carbocycles. The third-order valence-electron chi connectivity index (χ3n) is 3.20. The first-order valence-corrected chi connectivity index (χ1v) is 6.44. The fourth-order valence-corrected chi connectivity index (χ4v) is 2.01. The molecule has 21 heavy (non-hydrogen) atoms. The number of carboxylic acid groups (broad SMARTS) is 1. The molecule has 1 atom stereocenters. The molecule has 114 valence electrons. The second-order valence-electron chi connectivity index (χ2n) is 5.24. The number of amides is 1. The van der Waals surface area contributed by atoms with Crippen molar-refractivity contribution in [3.05, 3.63) is 38.9 Å². The van der Waals surface area contributed by atoms with Crippen molar-refractivity contribution in [3.8, 4) is 0 Å². The summed E-state index contributed by atoms with van der Waals surface area (Å²) in [7, 11) is 0. The Morgan fingerprint density at radius 3 is 2.24 bits per heavy atom. The Bertz CT molecular complexity index is 595. The summed E-state index contributed by atoms with van der Waals surface area (Å²) in [5, 5.41) is 22.4. The Morgan fingerprint density at radius 1 is 1.24 bits per heavy atom. The van der Waals surface area contributed by atoms with E-state index in [0.29, 0.717) is 11.1 Å². The fraction of sp³-hybridized carbons (Fsp3) is 0.429. The lowest BCUT2D eigenvalue weighted by molar-refractivity contribution is -0.385. The number of aliphatic carboxylic acids is 1. The maximum atomic E-state index is 12.2. The summed E-state index contributed by atoms with van der Waals surface area (Å²) in [5.41, 5.74) is 0.956. The number of hydrogen-bond donors (Lipinski definition) is 2. The van der Waals surface area contributed by atoms with Crippen LogP contribution in [0.4, 0.5) is 5.69 Å². The van der Waals surface area contributed by atoms with Crippen molar-refractivity contribution in [2.24, 2.45) is 5.92 Å². The molecule has 0 aliphatic heterocycles. The second kappa shape index (κ2) is 6.34. The second-order valence-corrected chi connectivity index (χ2v) is 5.24. The summed E-state index contributed by atoms with van der Waals surface area (Å²) in [6.07, 6.45) is 0. The van der Waals surface area contributed by atoms with Crippen LogP contribution < -0.4 is 5.32 Å². The Balaban J connectivity index is 3.15. The van der Waals surface area contributed by atoms with E-state index in [0.717, 1.165) is 0 Å². The third kappa shape index (κ3) is 3.77. The van der Waals surface area contributed by atoms with Crippen molar-refractivity contribution in [1.82, 2.24) is 5.32 Å². The van der Waals surface area contributed by atoms with Gasteiger partial charge < -0.3 is 10.4 Å². The molecule has 0 aliphatic rings. The average molecular weight is 294 g/mol. The van der Waals surface area contributed by atoms with Gasteiger partial charge in [-0.3, -0.25) is 14.9 Å². The van der Waals surface area contributed by atoms with Crippen molar-refractivity contribution in [3.63, 3.8) is 0 Å². The van der Waals surface area contributed by atoms with E-state index in [4.69, 9.17) is 5.11 Å². The van der Waals surface area contributed by atoms with Gasteiger partial charge in [-0.05, 0) is 31.4 Å². The first kappa shape index (κ1) is 16.6. The highest BCUT2D eigenvalue weighted by Crippen LogP contribution is 2.23. The molecule has 1 amide bonds. The highest BCUT2D eigenvalue weighted by Gasteiger charge is 2.26. The van der Waals surface area contributed by atoms with Crippen LogP contribution in [0.1, 0.15) is 35.3 Å². The Morgan fingerprint density at radius 2 is 1.81 bits per heavy atom. The first-order valence-electron chi connectivity index (χ1n) is 6.44. The molecule has 0 unspecified atom stereocenters. The van der Waals surface area contributed by atoms with E-state index in [1.807, 2.05) is 0 Å². The summed E-state index contributed by atoms with van der Waals surface area (Å²) < 4.78 is 0. The number of hydrogen-bond acceptors (Lipinski definition) is 4. The van der Waals surface area contributed by atoms with Crippen LogP contribution in [-0.2, 0) is 4.79 Å². The molecule has 0 fully saturated rings. The van der Waals surface area contributed by atoms with E-state index in [9.17, 15) is 19.7 Å². The van der Waals surface area contributed by atoms with Crippen molar-refractivity contribution in [2.75, 3.05) is 0 Å². The lowest BCUT2D eigenvalue weighted by Gasteiger charge is -2.18. The molecule has 7 nitrogen and oxygen atoms in total. The number of nitrogens with zero attached hydrogens (tertiary/aromatic N) is 1. The molecule has 0 aromatic heterocycles. The topological polar surface area (TPSA) is 110 Å². The number of aryl methyl sites for hydroxylation is 2. The van der Waals surface area contributed by atoms with Crippen LogP contribution in [0.2, 0.25) is 0 Å². The van der Waals surface area contributed by atoms with Crippen LogP contribution in [0.3, 0.4) is 0 Å². The molecule has 0 saturated heterocycles. The van der Waals surface area contributed by atoms with Crippen LogP contribution in [0.25, 0.3) is 0 Å². The Hall–Kier alpha value is -2.44. The van der Waals surface area contributed by atoms with Gasteiger partial charge in [-0.2, -0.15) is 0 Å². The smallest absolute Gasteiger partial charge is 0.326 e. The van der Waals surface area contributed by atoms with Gasteiger partial charge in [-0.25, -0.2) is 4.79 Å². The summed E-state index contributed by atoms with van der Waals surface area (Å²) in [6.45, 7) is 6.57. The summed E-state index contributed by atoms with van der Waals surface area (Å²) in [6, 6.07) is 1.68. The standard InChI is InChI=1S/C14H18N2O5/c1-7(2)12(14(18)19)15-13(17)10-6-11(16(20)21)9(4)5-8(10)3/h5-7,12H,1-4H3,(H,15,17)(H,18,19)/t12-/m1/s1. The SMILES string of the molecule is Cc1cc(C)c([N+](=O)[O-])cc1C(=O)N[C@@H](C(=O)O)C(C)C. The quantitative estimate of drug-likeness (QED) is 0.638. The normalized spacial score (nSPS) is 12.0. The minimum atomic E-state index is -1.14. The van der Waals surface area contributed by atoms with E-state index >= 15 is 0 Å². The zero-order valence-electron chi connectivity index (χ0n) is 12.3. The number of rotatable bonds is 5. The lowest BCUT2D eigenvalue weighted by atomic mass is 10.0. The molecular formula is C14H18N2O5. The van der Waals surface area contributed by atoms with Crippen LogP contribution in [-0.4, -0.2) is 27.9 Å². The minimum Gasteiger partial charge on any atom is -0.480 e. The molecule has 1 aromatic carbocycles. The highest BCUT2D eigenvalue weighted by atomic mass is 16.6. The first-order chi connectivity index (χ1) is 9.65. The molecular weight excluding hydrogens is 276 g/mol. The van der Waals surface area contributed by atoms with Crippen molar-refractivity contribution in [2.45, 2.75) is 33.7 Å². The van der Waals surface area contributed by atoms with E-state index in [1.165, 1.54) is 12.1 Å². The van der Waals surface area contributed by atoms with Crippen molar-refractivity contribution in [1.29, 1.82) is 0 Å². The monoisotopic (exact) mass is 294 g/mol. The Labute approximate surface area is 122 Å². The zero-order chi connectivity index (χ0) is 16.3. The number of nitro benzene ring substituents is 1. The van der Waals surface area contributed by atoms with E-state index < -0.39 is 22.8 Å². The van der Waals surface area contributed by atoms with Crippen LogP contribution in [0, 0.1) is 29.9 Å². The van der Waals surface area contributed by atoms with Gasteiger partial charge in [-0.1, -0.05) is 13.8 Å². The molecule has 1 aromatic rings. The van der Waals surface area contributed by atoms with E-state index in [2.05, 4.69) is 5.32 Å². The molecule has 0 spiro atoms. The maximum absolute atomic E-state index is 12.2. The maximum Gasteiger partial charge on any atom is 0.326 e. The van der Waals surface area contributed by atoms with Crippen molar-refractivity contribution < 1.29 is 19.6 Å². The van der Waals surface area contributed by atoms with Crippen molar-refractivity contribution >= 4 is 17.6 Å². The number of nitrogens with one attached hydrogen (secondary N) is 1. The number of carbonyl (C=O) groups excluding carboxylic acids is 1. The van der Waals surface area contributed by atoms with Crippen LogP contribution in [0.5, 0.6) is 0 Å². The molecule has 0 bridgehead atoms. The molecule has 1 rings (SSSR count). The van der Waals surface area contributed by atoms with Gasteiger partial charge in [0.1, 0.15) is 6.04 Å². The predicted molar refractivity (Wildman–Crippen MR) is 76.3 cm³/mol. The summed E-state index contributed by atoms with van der Waals surface area (Å²) in [4.78, 5) is 33.6. The van der Waals surface area contributed by atoms with Gasteiger partial charge in [0.25, 0.3) is 11.6 Å². The third-order valence-corrected chi connectivity index (χ3v) is 3.20. The average Bonchev–Trinajstić information content (AvgIpc) is 2.34. The van der Waals surface area contributed by atoms with Gasteiger partial charge in [0.15, 0.2) is 0 Å². The van der Waals surface area contributed by atoms with E-state index in [-0.39, 0.29) is 17.2 Å². The lowest BCUT2D eigenvalue weighted by Crippen LogP contribution is -2.44. The largest absolute Gasteiger partial charge is 0.480 e. The highest BCUT2D eigenvalue weighted by molar-refractivity contribution is 5.98. The molecule has 2 N–H and O–H groups in total. The van der Waals surface area contributed by atoms with Gasteiger partial charge in [0.05, 0.1) is 4.92 Å². The van der Waals surface area contributed by atoms with Gasteiger partial charge >= 0.3 is 5.97 Å².